The molecule has 0 N–H and O–H groups in total. The monoisotopic (exact) mass is 282 g/mol. The van der Waals surface area contributed by atoms with Crippen LogP contribution in [0.4, 0.5) is 5.82 Å². The minimum absolute atomic E-state index is 0.322. The number of anilines is 1. The van der Waals surface area contributed by atoms with Crippen molar-refractivity contribution in [2.45, 2.75) is 12.3 Å². The molecule has 1 aromatic carbocycles. The third-order valence-corrected chi connectivity index (χ3v) is 3.95. The molecule has 3 rings (SSSR count). The summed E-state index contributed by atoms with van der Waals surface area (Å²) >= 11 is 0. The van der Waals surface area contributed by atoms with Crippen LogP contribution in [0, 0.1) is 0 Å². The van der Waals surface area contributed by atoms with Gasteiger partial charge in [-0.2, -0.15) is 0 Å². The van der Waals surface area contributed by atoms with Crippen molar-refractivity contribution in [3.05, 3.63) is 59.8 Å². The summed E-state index contributed by atoms with van der Waals surface area (Å²) in [7, 11) is 1.39. The molecule has 4 nitrogen and oxygen atoms in total. The Balaban J connectivity index is 1.76. The lowest BCUT2D eigenvalue weighted by Gasteiger charge is -2.18. The second-order valence-electron chi connectivity index (χ2n) is 5.24. The molecule has 0 saturated carbocycles. The molecule has 1 aromatic heterocycles. The minimum Gasteiger partial charge on any atom is -0.465 e. The van der Waals surface area contributed by atoms with Crippen molar-refractivity contribution < 1.29 is 9.53 Å². The molecule has 1 aliphatic rings. The molecule has 0 amide bonds. The molecule has 108 valence electrons. The lowest BCUT2D eigenvalue weighted by Crippen LogP contribution is -2.20. The van der Waals surface area contributed by atoms with E-state index in [1.807, 2.05) is 6.07 Å². The molecule has 2 aromatic rings. The van der Waals surface area contributed by atoms with Crippen LogP contribution in [0.1, 0.15) is 28.3 Å². The van der Waals surface area contributed by atoms with Crippen LogP contribution in [-0.4, -0.2) is 31.2 Å². The van der Waals surface area contributed by atoms with Crippen LogP contribution in [0.3, 0.4) is 0 Å². The van der Waals surface area contributed by atoms with Crippen LogP contribution in [-0.2, 0) is 4.74 Å². The quantitative estimate of drug-likeness (QED) is 0.812. The lowest BCUT2D eigenvalue weighted by molar-refractivity contribution is 0.0600. The Labute approximate surface area is 124 Å². The van der Waals surface area contributed by atoms with Crippen molar-refractivity contribution in [1.82, 2.24) is 4.98 Å². The lowest BCUT2D eigenvalue weighted by atomic mass is 9.99. The van der Waals surface area contributed by atoms with Crippen LogP contribution < -0.4 is 4.90 Å². The maximum absolute atomic E-state index is 11.6. The number of methoxy groups -OCH3 is 1. The van der Waals surface area contributed by atoms with Gasteiger partial charge >= 0.3 is 5.97 Å². The van der Waals surface area contributed by atoms with Gasteiger partial charge in [0, 0.05) is 25.2 Å². The number of esters is 1. The van der Waals surface area contributed by atoms with Crippen molar-refractivity contribution in [3.63, 3.8) is 0 Å². The van der Waals surface area contributed by atoms with E-state index in [1.165, 1.54) is 12.7 Å². The zero-order chi connectivity index (χ0) is 14.7. The molecule has 0 radical (unpaired) electrons. The Morgan fingerprint density at radius 2 is 2.10 bits per heavy atom. The molecule has 2 heterocycles. The number of benzene rings is 1. The van der Waals surface area contributed by atoms with E-state index in [2.05, 4.69) is 34.1 Å². The van der Waals surface area contributed by atoms with Crippen molar-refractivity contribution in [3.8, 4) is 0 Å². The summed E-state index contributed by atoms with van der Waals surface area (Å²) in [5.74, 6) is 1.04. The first-order chi connectivity index (χ1) is 10.3. The molecule has 4 heteroatoms. The number of aromatic nitrogens is 1. The molecule has 1 aliphatic heterocycles. The van der Waals surface area contributed by atoms with Gasteiger partial charge in [-0.25, -0.2) is 9.78 Å². The van der Waals surface area contributed by atoms with Gasteiger partial charge in [-0.15, -0.1) is 0 Å². The number of ether oxygens (including phenoxy) is 1. The first-order valence-electron chi connectivity index (χ1n) is 7.12. The zero-order valence-electron chi connectivity index (χ0n) is 12.0. The summed E-state index contributed by atoms with van der Waals surface area (Å²) < 4.78 is 4.76. The SMILES string of the molecule is COC(=O)c1ccnc(N2CCC(c3ccccc3)C2)c1. The smallest absolute Gasteiger partial charge is 0.338 e. The second kappa shape index (κ2) is 5.95. The van der Waals surface area contributed by atoms with E-state index in [4.69, 9.17) is 4.74 Å². The number of carbonyl (C=O) groups is 1. The second-order valence-corrected chi connectivity index (χ2v) is 5.24. The Bertz CT molecular complexity index is 628. The van der Waals surface area contributed by atoms with E-state index in [0.717, 1.165) is 25.3 Å². The van der Waals surface area contributed by atoms with Gasteiger partial charge in [-0.1, -0.05) is 30.3 Å². The molecule has 0 bridgehead atoms. The highest BCUT2D eigenvalue weighted by molar-refractivity contribution is 5.90. The molecule has 1 unspecified atom stereocenters. The largest absolute Gasteiger partial charge is 0.465 e. The molecule has 0 aliphatic carbocycles. The molecular formula is C17H18N2O2. The summed E-state index contributed by atoms with van der Waals surface area (Å²) in [6.07, 6.45) is 2.77. The fourth-order valence-electron chi connectivity index (χ4n) is 2.80. The zero-order valence-corrected chi connectivity index (χ0v) is 12.0. The van der Waals surface area contributed by atoms with E-state index >= 15 is 0 Å². The molecule has 0 spiro atoms. The molecule has 1 saturated heterocycles. The van der Waals surface area contributed by atoms with Crippen molar-refractivity contribution in [2.75, 3.05) is 25.1 Å². The minimum atomic E-state index is -0.322. The Morgan fingerprint density at radius 3 is 2.86 bits per heavy atom. The molecule has 21 heavy (non-hydrogen) atoms. The van der Waals surface area contributed by atoms with E-state index in [-0.39, 0.29) is 5.97 Å². The first kappa shape index (κ1) is 13.6. The van der Waals surface area contributed by atoms with Gasteiger partial charge in [0.1, 0.15) is 5.82 Å². The number of hydrogen-bond acceptors (Lipinski definition) is 4. The van der Waals surface area contributed by atoms with Gasteiger partial charge in [-0.05, 0) is 24.1 Å². The van der Waals surface area contributed by atoms with Crippen LogP contribution in [0.25, 0.3) is 0 Å². The van der Waals surface area contributed by atoms with Gasteiger partial charge in [-0.3, -0.25) is 0 Å². The summed E-state index contributed by atoms with van der Waals surface area (Å²) in [6.45, 7) is 1.89. The molecule has 1 atom stereocenters. The van der Waals surface area contributed by atoms with Crippen LogP contribution in [0.2, 0.25) is 0 Å². The standard InChI is InChI=1S/C17H18N2O2/c1-21-17(20)14-7-9-18-16(11-14)19-10-8-15(12-19)13-5-3-2-4-6-13/h2-7,9,11,15H,8,10,12H2,1H3. The van der Waals surface area contributed by atoms with Gasteiger partial charge in [0.2, 0.25) is 0 Å². The highest BCUT2D eigenvalue weighted by Gasteiger charge is 2.25. The van der Waals surface area contributed by atoms with E-state index in [1.54, 1.807) is 18.3 Å². The Morgan fingerprint density at radius 1 is 1.29 bits per heavy atom. The van der Waals surface area contributed by atoms with Gasteiger partial charge in [0.25, 0.3) is 0 Å². The van der Waals surface area contributed by atoms with Gasteiger partial charge in [0.15, 0.2) is 0 Å². The number of hydrogen-bond donors (Lipinski definition) is 0. The Kier molecular flexibility index (Phi) is 3.86. The third kappa shape index (κ3) is 2.89. The topological polar surface area (TPSA) is 42.4 Å². The highest BCUT2D eigenvalue weighted by Crippen LogP contribution is 2.29. The predicted octanol–water partition coefficient (Wildman–Crippen LogP) is 2.86. The summed E-state index contributed by atoms with van der Waals surface area (Å²) in [6, 6.07) is 14.0. The maximum Gasteiger partial charge on any atom is 0.338 e. The van der Waals surface area contributed by atoms with Crippen LogP contribution >= 0.6 is 0 Å². The average Bonchev–Trinajstić information content (AvgIpc) is 3.05. The fourth-order valence-corrected chi connectivity index (χ4v) is 2.80. The van der Waals surface area contributed by atoms with Crippen molar-refractivity contribution in [2.24, 2.45) is 0 Å². The van der Waals surface area contributed by atoms with Gasteiger partial charge < -0.3 is 9.64 Å². The normalized spacial score (nSPS) is 17.8. The number of pyridine rings is 1. The summed E-state index contributed by atoms with van der Waals surface area (Å²) in [5, 5.41) is 0. The van der Waals surface area contributed by atoms with Crippen molar-refractivity contribution in [1.29, 1.82) is 0 Å². The maximum atomic E-state index is 11.6. The average molecular weight is 282 g/mol. The van der Waals surface area contributed by atoms with E-state index in [9.17, 15) is 4.79 Å². The van der Waals surface area contributed by atoms with E-state index in [0.29, 0.717) is 11.5 Å². The number of rotatable bonds is 3. The third-order valence-electron chi connectivity index (χ3n) is 3.95. The fraction of sp³-hybridized carbons (Fsp3) is 0.294. The molecular weight excluding hydrogens is 264 g/mol. The summed E-state index contributed by atoms with van der Waals surface area (Å²) in [5.41, 5.74) is 1.91. The van der Waals surface area contributed by atoms with Crippen molar-refractivity contribution >= 4 is 11.8 Å². The number of nitrogens with zero attached hydrogens (tertiary/aromatic N) is 2. The first-order valence-corrected chi connectivity index (χ1v) is 7.12. The highest BCUT2D eigenvalue weighted by atomic mass is 16.5. The van der Waals surface area contributed by atoms with Crippen LogP contribution in [0.15, 0.2) is 48.7 Å². The Hall–Kier alpha value is -2.36. The van der Waals surface area contributed by atoms with Crippen LogP contribution in [0.5, 0.6) is 0 Å². The number of carbonyl (C=O) groups excluding carboxylic acids is 1. The van der Waals surface area contributed by atoms with E-state index < -0.39 is 0 Å². The predicted molar refractivity (Wildman–Crippen MR) is 81.6 cm³/mol. The summed E-state index contributed by atoms with van der Waals surface area (Å²) in [4.78, 5) is 18.2. The van der Waals surface area contributed by atoms with Gasteiger partial charge in [0.05, 0.1) is 12.7 Å². The molecule has 1 fully saturated rings.